The van der Waals surface area contributed by atoms with E-state index in [0.717, 1.165) is 19.6 Å². The molecule has 0 spiro atoms. The number of nitrogens with one attached hydrogen (secondary N) is 1. The Kier molecular flexibility index (Phi) is 4.26. The van der Waals surface area contributed by atoms with Crippen LogP contribution in [0.5, 0.6) is 0 Å². The molecule has 3 heteroatoms. The fraction of sp³-hybridized carbons (Fsp3) is 0.688. The quantitative estimate of drug-likeness (QED) is 0.887. The Labute approximate surface area is 117 Å². The molecule has 0 bridgehead atoms. The number of hydrogen-bond acceptors (Lipinski definition) is 3. The van der Waals surface area contributed by atoms with Crippen molar-refractivity contribution in [2.45, 2.75) is 53.2 Å². The highest BCUT2D eigenvalue weighted by molar-refractivity contribution is 5.17. The molecular weight excluding hydrogens is 234 g/mol. The van der Waals surface area contributed by atoms with Crippen LogP contribution < -0.4 is 5.32 Å². The summed E-state index contributed by atoms with van der Waals surface area (Å²) in [6.45, 7) is 14.5. The van der Waals surface area contributed by atoms with Gasteiger partial charge in [-0.05, 0) is 30.9 Å². The lowest BCUT2D eigenvalue weighted by molar-refractivity contribution is 0.0515. The minimum absolute atomic E-state index is 0.288. The monoisotopic (exact) mass is 261 g/mol. The van der Waals surface area contributed by atoms with E-state index >= 15 is 0 Å². The standard InChI is InChI=1S/C16H27N3/c1-12-7-6-8-17-14(12)11-19-10-13(2)18-9-15(19)16(3,4)5/h6-8,13,15,18H,9-11H2,1-5H3. The highest BCUT2D eigenvalue weighted by Crippen LogP contribution is 2.27. The first-order chi connectivity index (χ1) is 8.88. The van der Waals surface area contributed by atoms with E-state index in [0.29, 0.717) is 12.1 Å². The molecule has 0 saturated carbocycles. The van der Waals surface area contributed by atoms with Gasteiger partial charge in [0, 0.05) is 37.9 Å². The van der Waals surface area contributed by atoms with E-state index in [1.807, 2.05) is 12.3 Å². The molecule has 0 aromatic carbocycles. The maximum atomic E-state index is 4.55. The minimum Gasteiger partial charge on any atom is -0.311 e. The van der Waals surface area contributed by atoms with E-state index in [1.165, 1.54) is 11.3 Å². The van der Waals surface area contributed by atoms with Crippen molar-refractivity contribution in [2.24, 2.45) is 5.41 Å². The van der Waals surface area contributed by atoms with Crippen molar-refractivity contribution in [2.75, 3.05) is 13.1 Å². The number of nitrogens with zero attached hydrogens (tertiary/aromatic N) is 2. The summed E-state index contributed by atoms with van der Waals surface area (Å²) in [4.78, 5) is 7.15. The number of piperazine rings is 1. The van der Waals surface area contributed by atoms with Gasteiger partial charge >= 0.3 is 0 Å². The second-order valence-corrected chi connectivity index (χ2v) is 6.89. The fourth-order valence-corrected chi connectivity index (χ4v) is 2.89. The van der Waals surface area contributed by atoms with Gasteiger partial charge in [-0.2, -0.15) is 0 Å². The van der Waals surface area contributed by atoms with E-state index in [1.54, 1.807) is 0 Å². The molecule has 0 radical (unpaired) electrons. The summed E-state index contributed by atoms with van der Waals surface area (Å²) in [7, 11) is 0. The molecule has 1 aliphatic rings. The molecule has 2 heterocycles. The summed E-state index contributed by atoms with van der Waals surface area (Å²) in [6, 6.07) is 5.29. The molecular formula is C16H27N3. The molecule has 1 aromatic rings. The van der Waals surface area contributed by atoms with Gasteiger partial charge in [0.1, 0.15) is 0 Å². The summed E-state index contributed by atoms with van der Waals surface area (Å²) < 4.78 is 0. The highest BCUT2D eigenvalue weighted by Gasteiger charge is 2.34. The average molecular weight is 261 g/mol. The van der Waals surface area contributed by atoms with Gasteiger partial charge in [-0.3, -0.25) is 9.88 Å². The van der Waals surface area contributed by atoms with Crippen LogP contribution in [0.4, 0.5) is 0 Å². The van der Waals surface area contributed by atoms with Crippen LogP contribution in [0.1, 0.15) is 39.0 Å². The van der Waals surface area contributed by atoms with Gasteiger partial charge in [0.25, 0.3) is 0 Å². The largest absolute Gasteiger partial charge is 0.311 e. The highest BCUT2D eigenvalue weighted by atomic mass is 15.2. The van der Waals surface area contributed by atoms with Crippen LogP contribution in [-0.2, 0) is 6.54 Å². The van der Waals surface area contributed by atoms with Crippen LogP contribution in [0.25, 0.3) is 0 Å². The van der Waals surface area contributed by atoms with E-state index in [2.05, 4.69) is 55.9 Å². The maximum absolute atomic E-state index is 4.55. The van der Waals surface area contributed by atoms with Crippen molar-refractivity contribution in [3.63, 3.8) is 0 Å². The summed E-state index contributed by atoms with van der Waals surface area (Å²) >= 11 is 0. The zero-order valence-corrected chi connectivity index (χ0v) is 12.9. The van der Waals surface area contributed by atoms with Crippen LogP contribution in [-0.4, -0.2) is 35.1 Å². The van der Waals surface area contributed by atoms with Gasteiger partial charge in [0.2, 0.25) is 0 Å². The number of aromatic nitrogens is 1. The van der Waals surface area contributed by atoms with Gasteiger partial charge in [0.05, 0.1) is 5.69 Å². The smallest absolute Gasteiger partial charge is 0.0573 e. The first kappa shape index (κ1) is 14.5. The van der Waals surface area contributed by atoms with Crippen molar-refractivity contribution in [1.29, 1.82) is 0 Å². The molecule has 1 aromatic heterocycles. The molecule has 1 aliphatic heterocycles. The Morgan fingerprint density at radius 3 is 2.79 bits per heavy atom. The molecule has 2 rings (SSSR count). The fourth-order valence-electron chi connectivity index (χ4n) is 2.89. The van der Waals surface area contributed by atoms with Gasteiger partial charge in [0.15, 0.2) is 0 Å². The summed E-state index contributed by atoms with van der Waals surface area (Å²) in [5.41, 5.74) is 2.79. The Hall–Kier alpha value is -0.930. The van der Waals surface area contributed by atoms with Crippen molar-refractivity contribution < 1.29 is 0 Å². The number of hydrogen-bond donors (Lipinski definition) is 1. The molecule has 2 unspecified atom stereocenters. The van der Waals surface area contributed by atoms with Gasteiger partial charge < -0.3 is 5.32 Å². The van der Waals surface area contributed by atoms with Crippen molar-refractivity contribution in [1.82, 2.24) is 15.2 Å². The molecule has 19 heavy (non-hydrogen) atoms. The summed E-state index contributed by atoms with van der Waals surface area (Å²) in [5, 5.41) is 3.61. The summed E-state index contributed by atoms with van der Waals surface area (Å²) in [5.74, 6) is 0. The van der Waals surface area contributed by atoms with Crippen LogP contribution in [0.2, 0.25) is 0 Å². The second kappa shape index (κ2) is 5.59. The first-order valence-corrected chi connectivity index (χ1v) is 7.26. The maximum Gasteiger partial charge on any atom is 0.0573 e. The van der Waals surface area contributed by atoms with E-state index in [4.69, 9.17) is 0 Å². The van der Waals surface area contributed by atoms with Crippen molar-refractivity contribution in [3.8, 4) is 0 Å². The third kappa shape index (κ3) is 3.54. The van der Waals surface area contributed by atoms with Crippen molar-refractivity contribution in [3.05, 3.63) is 29.6 Å². The normalized spacial score (nSPS) is 25.5. The average Bonchev–Trinajstić information content (AvgIpc) is 2.30. The number of rotatable bonds is 2. The third-order valence-corrected chi connectivity index (χ3v) is 4.08. The molecule has 106 valence electrons. The van der Waals surface area contributed by atoms with E-state index in [-0.39, 0.29) is 5.41 Å². The molecule has 1 N–H and O–H groups in total. The number of pyridine rings is 1. The van der Waals surface area contributed by atoms with Crippen LogP contribution in [0.3, 0.4) is 0 Å². The molecule has 2 atom stereocenters. The van der Waals surface area contributed by atoms with E-state index in [9.17, 15) is 0 Å². The molecule has 0 amide bonds. The Morgan fingerprint density at radius 1 is 1.42 bits per heavy atom. The zero-order chi connectivity index (χ0) is 14.0. The van der Waals surface area contributed by atoms with Gasteiger partial charge in [-0.15, -0.1) is 0 Å². The van der Waals surface area contributed by atoms with Crippen LogP contribution in [0, 0.1) is 12.3 Å². The SMILES string of the molecule is Cc1cccnc1CN1CC(C)NCC1C(C)(C)C. The van der Waals surface area contributed by atoms with Crippen molar-refractivity contribution >= 4 is 0 Å². The lowest BCUT2D eigenvalue weighted by atomic mass is 9.84. The predicted octanol–water partition coefficient (Wildman–Crippen LogP) is 2.60. The minimum atomic E-state index is 0.288. The Morgan fingerprint density at radius 2 is 2.16 bits per heavy atom. The Bertz CT molecular complexity index is 422. The first-order valence-electron chi connectivity index (χ1n) is 7.26. The van der Waals surface area contributed by atoms with Crippen LogP contribution in [0.15, 0.2) is 18.3 Å². The van der Waals surface area contributed by atoms with Gasteiger partial charge in [-0.1, -0.05) is 26.8 Å². The lowest BCUT2D eigenvalue weighted by Gasteiger charge is -2.45. The second-order valence-electron chi connectivity index (χ2n) is 6.89. The predicted molar refractivity (Wildman–Crippen MR) is 80.1 cm³/mol. The lowest BCUT2D eigenvalue weighted by Crippen LogP contribution is -2.59. The van der Waals surface area contributed by atoms with Crippen LogP contribution >= 0.6 is 0 Å². The number of aryl methyl sites for hydroxylation is 1. The molecule has 3 nitrogen and oxygen atoms in total. The molecule has 1 saturated heterocycles. The Balaban J connectivity index is 2.17. The third-order valence-electron chi connectivity index (χ3n) is 4.08. The zero-order valence-electron chi connectivity index (χ0n) is 12.9. The van der Waals surface area contributed by atoms with Gasteiger partial charge in [-0.25, -0.2) is 0 Å². The molecule has 0 aliphatic carbocycles. The topological polar surface area (TPSA) is 28.2 Å². The van der Waals surface area contributed by atoms with E-state index < -0.39 is 0 Å². The molecule has 1 fully saturated rings. The summed E-state index contributed by atoms with van der Waals surface area (Å²) in [6.07, 6.45) is 1.90.